The smallest absolute Gasteiger partial charge is 0.231 e. The molecule has 2 atom stereocenters. The van der Waals surface area contributed by atoms with E-state index in [1.54, 1.807) is 0 Å². The number of aliphatic imine (C=N–C) groups is 1. The van der Waals surface area contributed by atoms with Crippen LogP contribution in [0.1, 0.15) is 68.7 Å². The minimum absolute atomic E-state index is 0.0943. The van der Waals surface area contributed by atoms with Crippen molar-refractivity contribution in [3.63, 3.8) is 0 Å². The van der Waals surface area contributed by atoms with Crippen LogP contribution < -0.4 is 0 Å². The molecule has 2 aliphatic rings. The molecule has 2 unspecified atom stereocenters. The van der Waals surface area contributed by atoms with Gasteiger partial charge in [-0.25, -0.2) is 0 Å². The molecule has 1 heterocycles. The van der Waals surface area contributed by atoms with Gasteiger partial charge < -0.3 is 4.90 Å². The molecule has 1 aliphatic heterocycles. The third-order valence-corrected chi connectivity index (χ3v) is 7.60. The third-order valence-electron chi connectivity index (χ3n) is 7.37. The maximum absolute atomic E-state index is 13.2. The van der Waals surface area contributed by atoms with Crippen LogP contribution in [0.5, 0.6) is 0 Å². The molecule has 1 saturated carbocycles. The van der Waals surface area contributed by atoms with Gasteiger partial charge in [-0.05, 0) is 86.8 Å². The molecule has 1 aliphatic carbocycles. The molecule has 3 nitrogen and oxygen atoms in total. The largest absolute Gasteiger partial charge is 0.335 e. The summed E-state index contributed by atoms with van der Waals surface area (Å²) in [7, 11) is 0. The van der Waals surface area contributed by atoms with Crippen LogP contribution in [0, 0.1) is 18.8 Å². The predicted octanol–water partition coefficient (Wildman–Crippen LogP) is 7.29. The first-order valence-corrected chi connectivity index (χ1v) is 12.7. The number of benzene rings is 2. The number of hydrogen-bond acceptors (Lipinski definition) is 2. The normalized spacial score (nSPS) is 20.8. The van der Waals surface area contributed by atoms with Crippen molar-refractivity contribution in [2.45, 2.75) is 58.9 Å². The van der Waals surface area contributed by atoms with Gasteiger partial charge in [0.05, 0.1) is 12.0 Å². The van der Waals surface area contributed by atoms with E-state index in [1.807, 2.05) is 36.1 Å². The van der Waals surface area contributed by atoms with E-state index < -0.39 is 0 Å². The van der Waals surface area contributed by atoms with Crippen LogP contribution in [-0.4, -0.2) is 29.6 Å². The molecule has 0 bridgehead atoms. The lowest BCUT2D eigenvalue weighted by Crippen LogP contribution is -2.32. The number of rotatable bonds is 8. The Morgan fingerprint density at radius 2 is 1.94 bits per heavy atom. The number of hydrogen-bond donors (Lipinski definition) is 0. The highest BCUT2D eigenvalue weighted by atomic mass is 35.5. The molecule has 1 amide bonds. The van der Waals surface area contributed by atoms with Crippen LogP contribution in [0.3, 0.4) is 0 Å². The molecule has 1 saturated heterocycles. The molecule has 33 heavy (non-hydrogen) atoms. The van der Waals surface area contributed by atoms with Crippen molar-refractivity contribution < 1.29 is 4.79 Å². The van der Waals surface area contributed by atoms with Crippen molar-refractivity contribution >= 4 is 28.8 Å². The van der Waals surface area contributed by atoms with Crippen molar-refractivity contribution in [2.75, 3.05) is 13.1 Å². The zero-order valence-electron chi connectivity index (χ0n) is 20.1. The number of carbonyl (C=O) groups excluding carboxylic acids is 1. The molecule has 0 spiro atoms. The van der Waals surface area contributed by atoms with Crippen LogP contribution in [0.25, 0.3) is 5.57 Å². The van der Waals surface area contributed by atoms with Crippen molar-refractivity contribution in [1.82, 2.24) is 4.90 Å². The quantitative estimate of drug-likeness (QED) is 0.379. The van der Waals surface area contributed by atoms with E-state index in [2.05, 4.69) is 44.2 Å². The van der Waals surface area contributed by atoms with E-state index in [0.717, 1.165) is 30.1 Å². The van der Waals surface area contributed by atoms with E-state index >= 15 is 0 Å². The lowest BCUT2D eigenvalue weighted by Gasteiger charge is -2.25. The van der Waals surface area contributed by atoms with Gasteiger partial charge in [0.2, 0.25) is 5.91 Å². The fraction of sp³-hybridized carbons (Fsp3) is 0.448. The molecule has 174 valence electrons. The summed E-state index contributed by atoms with van der Waals surface area (Å²) in [5, 5.41) is 0.777. The van der Waals surface area contributed by atoms with E-state index in [4.69, 9.17) is 16.6 Å². The van der Waals surface area contributed by atoms with Gasteiger partial charge in [-0.15, -0.1) is 0 Å². The maximum atomic E-state index is 13.2. The van der Waals surface area contributed by atoms with E-state index in [-0.39, 0.29) is 17.9 Å². The Hall–Kier alpha value is -2.39. The highest BCUT2D eigenvalue weighted by Crippen LogP contribution is 2.34. The van der Waals surface area contributed by atoms with Crippen molar-refractivity contribution in [1.29, 1.82) is 0 Å². The number of allylic oxidation sites excluding steroid dienone is 1. The second-order valence-electron chi connectivity index (χ2n) is 9.57. The Kier molecular flexibility index (Phi) is 7.70. The van der Waals surface area contributed by atoms with Crippen LogP contribution in [0.15, 0.2) is 59.6 Å². The Morgan fingerprint density at radius 1 is 1.18 bits per heavy atom. The topological polar surface area (TPSA) is 32.7 Å². The minimum atomic E-state index is -0.0943. The maximum Gasteiger partial charge on any atom is 0.231 e. The monoisotopic (exact) mass is 462 g/mol. The van der Waals surface area contributed by atoms with E-state index in [9.17, 15) is 4.79 Å². The average Bonchev–Trinajstić information content (AvgIpc) is 3.18. The zero-order valence-corrected chi connectivity index (χ0v) is 20.8. The van der Waals surface area contributed by atoms with Crippen LogP contribution in [0.4, 0.5) is 0 Å². The molecule has 0 aromatic heterocycles. The Morgan fingerprint density at radius 3 is 2.64 bits per heavy atom. The number of halogens is 1. The van der Waals surface area contributed by atoms with Gasteiger partial charge in [0.25, 0.3) is 0 Å². The van der Waals surface area contributed by atoms with Gasteiger partial charge in [0.15, 0.2) is 0 Å². The SMILES string of the molecule is CC(=NCCC(=CC1CCC1)c1cc(Cl)ccc1C)C1CCN(C(C)c2ccccc2)C1=O. The van der Waals surface area contributed by atoms with E-state index in [0.29, 0.717) is 12.5 Å². The van der Waals surface area contributed by atoms with Gasteiger partial charge in [-0.1, -0.05) is 60.5 Å². The summed E-state index contributed by atoms with van der Waals surface area (Å²) in [6.45, 7) is 7.79. The summed E-state index contributed by atoms with van der Waals surface area (Å²) < 4.78 is 0. The average molecular weight is 463 g/mol. The number of likely N-dealkylation sites (tertiary alicyclic amines) is 1. The first-order chi connectivity index (χ1) is 15.9. The first-order valence-electron chi connectivity index (χ1n) is 12.3. The van der Waals surface area contributed by atoms with Crippen molar-refractivity contribution in [3.8, 4) is 0 Å². The van der Waals surface area contributed by atoms with Crippen LogP contribution in [0.2, 0.25) is 5.02 Å². The summed E-state index contributed by atoms with van der Waals surface area (Å²) in [6.07, 6.45) is 8.04. The van der Waals surface area contributed by atoms with Crippen molar-refractivity contribution in [3.05, 3.63) is 76.3 Å². The number of nitrogens with zero attached hydrogens (tertiary/aromatic N) is 2. The van der Waals surface area contributed by atoms with E-state index in [1.165, 1.54) is 41.5 Å². The Labute approximate surface area is 203 Å². The molecule has 4 rings (SSSR count). The number of carbonyl (C=O) groups is 1. The summed E-state index contributed by atoms with van der Waals surface area (Å²) in [6, 6.07) is 16.5. The molecule has 2 aromatic rings. The zero-order chi connectivity index (χ0) is 23.4. The predicted molar refractivity (Wildman–Crippen MR) is 139 cm³/mol. The highest BCUT2D eigenvalue weighted by molar-refractivity contribution is 6.30. The van der Waals surface area contributed by atoms with Gasteiger partial charge >= 0.3 is 0 Å². The summed E-state index contributed by atoms with van der Waals surface area (Å²) in [4.78, 5) is 20.1. The minimum Gasteiger partial charge on any atom is -0.335 e. The number of amides is 1. The molecule has 4 heteroatoms. The van der Waals surface area contributed by atoms with Crippen LogP contribution >= 0.6 is 11.6 Å². The van der Waals surface area contributed by atoms with Gasteiger partial charge in [-0.2, -0.15) is 0 Å². The molecular formula is C29H35ClN2O. The lowest BCUT2D eigenvalue weighted by atomic mass is 9.82. The van der Waals surface area contributed by atoms with Gasteiger partial charge in [-0.3, -0.25) is 9.79 Å². The standard InChI is InChI=1S/C29H35ClN2O/c1-20-12-13-26(30)19-28(20)25(18-23-8-7-9-23)14-16-31-21(2)27-15-17-32(29(27)33)22(3)24-10-5-4-6-11-24/h4-6,10-13,18-19,22-23,27H,7-9,14-17H2,1-3H3. The Bertz CT molecular complexity index is 1040. The molecular weight excluding hydrogens is 428 g/mol. The summed E-state index contributed by atoms with van der Waals surface area (Å²) in [5.41, 5.74) is 5.98. The Balaban J connectivity index is 1.43. The number of aryl methyl sites for hydroxylation is 1. The molecule has 2 fully saturated rings. The lowest BCUT2D eigenvalue weighted by molar-refractivity contribution is -0.131. The molecule has 2 aromatic carbocycles. The second kappa shape index (κ2) is 10.7. The molecule has 0 radical (unpaired) electrons. The fourth-order valence-electron chi connectivity index (χ4n) is 4.99. The molecule has 0 N–H and O–H groups in total. The van der Waals surface area contributed by atoms with Gasteiger partial charge in [0, 0.05) is 23.8 Å². The van der Waals surface area contributed by atoms with Crippen LogP contribution in [-0.2, 0) is 4.79 Å². The highest BCUT2D eigenvalue weighted by Gasteiger charge is 2.36. The second-order valence-corrected chi connectivity index (χ2v) is 10.0. The summed E-state index contributed by atoms with van der Waals surface area (Å²) in [5.74, 6) is 0.791. The van der Waals surface area contributed by atoms with Gasteiger partial charge in [0.1, 0.15) is 0 Å². The van der Waals surface area contributed by atoms with Crippen molar-refractivity contribution in [2.24, 2.45) is 16.8 Å². The first kappa shape index (κ1) is 23.8. The summed E-state index contributed by atoms with van der Waals surface area (Å²) >= 11 is 6.32. The fourth-order valence-corrected chi connectivity index (χ4v) is 5.16. The third kappa shape index (κ3) is 5.58.